The number of carbonyl (C=O) groups is 1. The lowest BCUT2D eigenvalue weighted by atomic mass is 10.1. The van der Waals surface area contributed by atoms with E-state index in [2.05, 4.69) is 6.92 Å². The number of aliphatic carboxylic acids is 1. The first-order chi connectivity index (χ1) is 19.3. The van der Waals surface area contributed by atoms with Gasteiger partial charge in [-0.15, -0.1) is 0 Å². The Morgan fingerprint density at radius 1 is 0.780 bits per heavy atom. The van der Waals surface area contributed by atoms with Crippen LogP contribution in [0.15, 0.2) is 0 Å². The number of phosphoric acid groups is 1. The summed E-state index contributed by atoms with van der Waals surface area (Å²) in [4.78, 5) is 33.2. The van der Waals surface area contributed by atoms with Crippen LogP contribution in [0.3, 0.4) is 0 Å². The number of hydrogen-bond acceptors (Lipinski definition) is 8. The smallest absolute Gasteiger partial charge is 0.328 e. The Hall–Kier alpha value is -0.350. The van der Waals surface area contributed by atoms with Crippen LogP contribution in [0.5, 0.6) is 0 Å². The van der Waals surface area contributed by atoms with Crippen molar-refractivity contribution in [1.82, 2.24) is 0 Å². The molecular formula is C28H59NO10P2. The van der Waals surface area contributed by atoms with Crippen LogP contribution < -0.4 is 4.89 Å². The van der Waals surface area contributed by atoms with Gasteiger partial charge in [0, 0.05) is 19.2 Å². The fourth-order valence-electron chi connectivity index (χ4n) is 4.06. The summed E-state index contributed by atoms with van der Waals surface area (Å²) in [6, 6.07) is 0. The molecule has 13 heteroatoms. The zero-order valence-electron chi connectivity index (χ0n) is 26.1. The molecule has 0 aliphatic rings. The lowest BCUT2D eigenvalue weighted by Gasteiger charge is -2.29. The maximum atomic E-state index is 12.7. The van der Waals surface area contributed by atoms with Gasteiger partial charge in [-0.2, -0.15) is 0 Å². The van der Waals surface area contributed by atoms with Crippen molar-refractivity contribution in [2.75, 3.05) is 60.3 Å². The predicted molar refractivity (Wildman–Crippen MR) is 160 cm³/mol. The number of quaternary nitrogens is 1. The van der Waals surface area contributed by atoms with E-state index in [9.17, 15) is 23.7 Å². The molecule has 41 heavy (non-hydrogen) atoms. The molecule has 0 saturated carbocycles. The predicted octanol–water partition coefficient (Wildman–Crippen LogP) is 6.13. The first-order valence-corrected chi connectivity index (χ1v) is 18.7. The number of likely N-dealkylation sites (N-methyl/N-ethyl adjacent to an activating group) is 1. The second-order valence-electron chi connectivity index (χ2n) is 11.8. The quantitative estimate of drug-likeness (QED) is 0.0538. The molecule has 0 amide bonds. The van der Waals surface area contributed by atoms with Crippen LogP contribution in [0, 0.1) is 0 Å². The third kappa shape index (κ3) is 29.5. The van der Waals surface area contributed by atoms with Gasteiger partial charge in [0.25, 0.3) is 7.82 Å². The highest BCUT2D eigenvalue weighted by molar-refractivity contribution is 7.52. The molecule has 0 radical (unpaired) electrons. The second-order valence-corrected chi connectivity index (χ2v) is 15.2. The van der Waals surface area contributed by atoms with E-state index >= 15 is 0 Å². The van der Waals surface area contributed by atoms with Crippen molar-refractivity contribution < 1.29 is 51.6 Å². The summed E-state index contributed by atoms with van der Waals surface area (Å²) >= 11 is 0. The Balaban J connectivity index is 4.55. The zero-order chi connectivity index (χ0) is 31.0. The van der Waals surface area contributed by atoms with Gasteiger partial charge >= 0.3 is 13.6 Å². The summed E-state index contributed by atoms with van der Waals surface area (Å²) in [5.74, 6) is -0.758. The molecule has 246 valence electrons. The molecule has 0 fully saturated rings. The second kappa shape index (κ2) is 24.0. The first-order valence-electron chi connectivity index (χ1n) is 15.5. The number of carboxylic acid groups (broad SMARTS) is 1. The first kappa shape index (κ1) is 40.6. The van der Waals surface area contributed by atoms with E-state index in [0.29, 0.717) is 30.5 Å². The number of carboxylic acids is 1. The molecule has 0 saturated heterocycles. The van der Waals surface area contributed by atoms with Crippen molar-refractivity contribution in [3.63, 3.8) is 0 Å². The highest BCUT2D eigenvalue weighted by atomic mass is 31.2. The van der Waals surface area contributed by atoms with E-state index in [4.69, 9.17) is 23.4 Å². The molecule has 0 aromatic rings. The topological polar surface area (TPSA) is 152 Å². The van der Waals surface area contributed by atoms with Gasteiger partial charge in [0.2, 0.25) is 0 Å². The molecule has 0 aliphatic heterocycles. The number of unbranched alkanes of at least 4 members (excludes halogenated alkanes) is 13. The molecular weight excluding hydrogens is 572 g/mol. The maximum Gasteiger partial charge on any atom is 0.328 e. The fourth-order valence-corrected chi connectivity index (χ4v) is 6.10. The molecule has 2 unspecified atom stereocenters. The minimum atomic E-state index is -4.61. The van der Waals surface area contributed by atoms with E-state index in [1.807, 2.05) is 21.1 Å². The van der Waals surface area contributed by atoms with Crippen LogP contribution in [-0.2, 0) is 32.2 Å². The average molecular weight is 632 g/mol. The molecule has 0 bridgehead atoms. The summed E-state index contributed by atoms with van der Waals surface area (Å²) in [6.07, 6.45) is 13.9. The third-order valence-electron chi connectivity index (χ3n) is 6.52. The van der Waals surface area contributed by atoms with Gasteiger partial charge in [0.05, 0.1) is 34.4 Å². The van der Waals surface area contributed by atoms with Gasteiger partial charge in [-0.3, -0.25) is 13.9 Å². The Bertz CT molecular complexity index is 748. The molecule has 0 aliphatic carbocycles. The molecule has 0 aromatic heterocycles. The summed E-state index contributed by atoms with van der Waals surface area (Å²) in [5, 5.41) is 8.66. The standard InChI is InChI=1S/C28H59NO10P2/c1-5-6-7-8-9-13-16-19-24-40(32,33)39-27(26-38-41(34,35)37-23-21-29(2,3)4)25-36-22-18-15-12-10-11-14-17-20-28(30)31/h27H,5-26H2,1-4H3,(H2-,30,31,32,33,34,35)/t27-/m1/s1. The fraction of sp³-hybridized carbons (Fsp3) is 0.964. The van der Waals surface area contributed by atoms with Crippen molar-refractivity contribution in [3.05, 3.63) is 0 Å². The highest BCUT2D eigenvalue weighted by Gasteiger charge is 2.26. The van der Waals surface area contributed by atoms with E-state index in [1.54, 1.807) is 0 Å². The summed E-state index contributed by atoms with van der Waals surface area (Å²) < 4.78 is 46.5. The normalized spacial score (nSPS) is 15.9. The van der Waals surface area contributed by atoms with Gasteiger partial charge < -0.3 is 37.7 Å². The molecule has 3 atom stereocenters. The maximum absolute atomic E-state index is 12.7. The summed E-state index contributed by atoms with van der Waals surface area (Å²) in [5.41, 5.74) is 0. The van der Waals surface area contributed by atoms with E-state index < -0.39 is 34.1 Å². The lowest BCUT2D eigenvalue weighted by Crippen LogP contribution is -2.37. The van der Waals surface area contributed by atoms with Crippen LogP contribution in [0.1, 0.15) is 110 Å². The van der Waals surface area contributed by atoms with E-state index in [-0.39, 0.29) is 25.8 Å². The molecule has 0 spiro atoms. The molecule has 0 rings (SSSR count). The Morgan fingerprint density at radius 3 is 1.88 bits per heavy atom. The van der Waals surface area contributed by atoms with Gasteiger partial charge in [-0.05, 0) is 19.3 Å². The van der Waals surface area contributed by atoms with Crippen LogP contribution in [0.4, 0.5) is 0 Å². The van der Waals surface area contributed by atoms with Crippen molar-refractivity contribution in [3.8, 4) is 0 Å². The van der Waals surface area contributed by atoms with E-state index in [0.717, 1.165) is 57.8 Å². The number of hydrogen-bond donors (Lipinski definition) is 2. The Kier molecular flexibility index (Phi) is 23.8. The average Bonchev–Trinajstić information content (AvgIpc) is 2.86. The molecule has 2 N–H and O–H groups in total. The zero-order valence-corrected chi connectivity index (χ0v) is 27.9. The third-order valence-corrected chi connectivity index (χ3v) is 8.99. The van der Waals surface area contributed by atoms with Crippen LogP contribution in [-0.4, -0.2) is 86.8 Å². The van der Waals surface area contributed by atoms with Crippen molar-refractivity contribution >= 4 is 21.4 Å². The summed E-state index contributed by atoms with van der Waals surface area (Å²) in [7, 11) is -2.83. The van der Waals surface area contributed by atoms with Gasteiger partial charge in [-0.1, -0.05) is 84.0 Å². The molecule has 0 heterocycles. The molecule has 0 aromatic carbocycles. The largest absolute Gasteiger partial charge is 0.756 e. The number of ether oxygens (including phenoxy) is 1. The number of nitrogens with zero attached hydrogens (tertiary/aromatic N) is 1. The SMILES string of the molecule is CCCCCCCCCCP(=O)(O)O[C@H](COCCCCCCCCCC(=O)O)COP(=O)([O-])OCC[N+](C)(C)C. The van der Waals surface area contributed by atoms with Crippen molar-refractivity contribution in [2.24, 2.45) is 0 Å². The molecule has 11 nitrogen and oxygen atoms in total. The van der Waals surface area contributed by atoms with Crippen LogP contribution >= 0.6 is 15.4 Å². The van der Waals surface area contributed by atoms with Gasteiger partial charge in [-0.25, -0.2) is 0 Å². The van der Waals surface area contributed by atoms with Gasteiger partial charge in [0.15, 0.2) is 0 Å². The monoisotopic (exact) mass is 631 g/mol. The Morgan fingerprint density at radius 2 is 1.32 bits per heavy atom. The number of rotatable bonds is 30. The number of phosphoric ester groups is 1. The van der Waals surface area contributed by atoms with Crippen LogP contribution in [0.2, 0.25) is 0 Å². The van der Waals surface area contributed by atoms with Crippen molar-refractivity contribution in [1.29, 1.82) is 0 Å². The minimum Gasteiger partial charge on any atom is -0.756 e. The Labute approximate surface area is 249 Å². The van der Waals surface area contributed by atoms with Gasteiger partial charge in [0.1, 0.15) is 19.3 Å². The van der Waals surface area contributed by atoms with Crippen molar-refractivity contribution in [2.45, 2.75) is 116 Å². The summed E-state index contributed by atoms with van der Waals surface area (Å²) in [6.45, 7) is 2.46. The van der Waals surface area contributed by atoms with Crippen LogP contribution in [0.25, 0.3) is 0 Å². The lowest BCUT2D eigenvalue weighted by molar-refractivity contribution is -0.870. The highest BCUT2D eigenvalue weighted by Crippen LogP contribution is 2.45. The van der Waals surface area contributed by atoms with E-state index in [1.165, 1.54) is 25.7 Å². The minimum absolute atomic E-state index is 0.0000391.